The van der Waals surface area contributed by atoms with Crippen molar-refractivity contribution < 1.29 is 14.4 Å². The minimum Gasteiger partial charge on any atom is -0.360 e. The van der Waals surface area contributed by atoms with Gasteiger partial charge in [0.25, 0.3) is 5.91 Å². The average Bonchev–Trinajstić information content (AvgIpc) is 3.24. The van der Waals surface area contributed by atoms with E-state index in [1.54, 1.807) is 25.3 Å². The molecule has 1 aliphatic heterocycles. The lowest BCUT2D eigenvalue weighted by Crippen LogP contribution is -2.41. The Morgan fingerprint density at radius 1 is 1.07 bits per heavy atom. The zero-order valence-corrected chi connectivity index (χ0v) is 15.8. The summed E-state index contributed by atoms with van der Waals surface area (Å²) in [4.78, 5) is 42.5. The Balaban J connectivity index is 1.62. The Morgan fingerprint density at radius 2 is 1.82 bits per heavy atom. The molecule has 0 bridgehead atoms. The van der Waals surface area contributed by atoms with Gasteiger partial charge in [0.2, 0.25) is 0 Å². The van der Waals surface area contributed by atoms with Crippen molar-refractivity contribution in [3.63, 3.8) is 0 Å². The molecule has 2 aromatic carbocycles. The third kappa shape index (κ3) is 2.69. The molecule has 142 valence electrons. The number of rotatable bonds is 5. The molecule has 4 rings (SSSR count). The smallest absolute Gasteiger partial charge is 0.325 e. The fraction of sp³-hybridized carbons (Fsp3) is 0.227. The number of nitrogens with zero attached hydrogens (tertiary/aromatic N) is 1. The molecule has 1 saturated heterocycles. The number of nitrogens with one attached hydrogen (secondary N) is 2. The molecule has 1 atom stereocenters. The van der Waals surface area contributed by atoms with E-state index in [4.69, 9.17) is 0 Å². The molecule has 1 aliphatic rings. The van der Waals surface area contributed by atoms with Gasteiger partial charge in [0.05, 0.1) is 6.54 Å². The van der Waals surface area contributed by atoms with Crippen LogP contribution in [0.5, 0.6) is 0 Å². The molecule has 0 unspecified atom stereocenters. The van der Waals surface area contributed by atoms with Gasteiger partial charge in [0, 0.05) is 22.7 Å². The summed E-state index contributed by atoms with van der Waals surface area (Å²) in [7, 11) is 0. The number of aromatic amines is 1. The number of benzene rings is 2. The second-order valence-corrected chi connectivity index (χ2v) is 7.13. The van der Waals surface area contributed by atoms with E-state index in [1.165, 1.54) is 0 Å². The first kappa shape index (κ1) is 18.0. The van der Waals surface area contributed by atoms with E-state index in [0.29, 0.717) is 11.1 Å². The van der Waals surface area contributed by atoms with Crippen LogP contribution in [-0.4, -0.2) is 34.2 Å². The minimum atomic E-state index is -1.17. The summed E-state index contributed by atoms with van der Waals surface area (Å²) in [6.07, 6.45) is 2.49. The van der Waals surface area contributed by atoms with E-state index >= 15 is 0 Å². The number of Topliss-reactive ketones (excluding diaryl/α,β-unsaturated/α-hetero) is 1. The highest BCUT2D eigenvalue weighted by Gasteiger charge is 2.49. The van der Waals surface area contributed by atoms with E-state index in [9.17, 15) is 14.4 Å². The van der Waals surface area contributed by atoms with Crippen molar-refractivity contribution in [1.82, 2.24) is 15.2 Å². The lowest BCUT2D eigenvalue weighted by atomic mass is 9.92. The molecule has 3 amide bonds. The maximum Gasteiger partial charge on any atom is 0.325 e. The van der Waals surface area contributed by atoms with Crippen molar-refractivity contribution in [1.29, 1.82) is 0 Å². The summed E-state index contributed by atoms with van der Waals surface area (Å²) >= 11 is 0. The number of imide groups is 1. The Bertz CT molecular complexity index is 1090. The number of aromatic nitrogens is 1. The maximum atomic E-state index is 13.0. The van der Waals surface area contributed by atoms with Crippen LogP contribution in [0.4, 0.5) is 4.79 Å². The first-order valence-corrected chi connectivity index (χ1v) is 9.27. The third-order valence-electron chi connectivity index (χ3n) is 5.41. The van der Waals surface area contributed by atoms with Crippen LogP contribution in [0, 0.1) is 0 Å². The quantitative estimate of drug-likeness (QED) is 0.530. The lowest BCUT2D eigenvalue weighted by Gasteiger charge is -2.22. The molecule has 1 fully saturated rings. The first-order chi connectivity index (χ1) is 13.5. The third-order valence-corrected chi connectivity index (χ3v) is 5.41. The number of amides is 3. The monoisotopic (exact) mass is 375 g/mol. The second-order valence-electron chi connectivity index (χ2n) is 7.13. The van der Waals surface area contributed by atoms with Crippen LogP contribution in [0.2, 0.25) is 0 Å². The molecule has 0 saturated carbocycles. The van der Waals surface area contributed by atoms with Gasteiger partial charge < -0.3 is 10.3 Å². The predicted octanol–water partition coefficient (Wildman–Crippen LogP) is 3.38. The SMILES string of the molecule is CCc1cccc2c(C(=O)CN3C(=O)N[C@@](C)(c4ccccc4)C3=O)c[nH]c12. The van der Waals surface area contributed by atoms with Gasteiger partial charge in [-0.05, 0) is 24.5 Å². The fourth-order valence-corrected chi connectivity index (χ4v) is 3.78. The largest absolute Gasteiger partial charge is 0.360 e. The van der Waals surface area contributed by atoms with Crippen LogP contribution < -0.4 is 5.32 Å². The van der Waals surface area contributed by atoms with Gasteiger partial charge >= 0.3 is 6.03 Å². The topological polar surface area (TPSA) is 82.3 Å². The number of H-pyrrole nitrogens is 1. The van der Waals surface area contributed by atoms with Crippen molar-refractivity contribution in [2.45, 2.75) is 25.8 Å². The fourth-order valence-electron chi connectivity index (χ4n) is 3.78. The Labute approximate surface area is 162 Å². The second kappa shape index (κ2) is 6.64. The lowest BCUT2D eigenvalue weighted by molar-refractivity contribution is -0.130. The molecule has 0 radical (unpaired) electrons. The number of carbonyl (C=O) groups excluding carboxylic acids is 3. The van der Waals surface area contributed by atoms with Gasteiger partial charge in [-0.1, -0.05) is 55.5 Å². The van der Waals surface area contributed by atoms with Gasteiger partial charge in [-0.3, -0.25) is 14.5 Å². The molecule has 0 spiro atoms. The molecular formula is C22H21N3O3. The highest BCUT2D eigenvalue weighted by molar-refractivity contribution is 6.14. The van der Waals surface area contributed by atoms with Gasteiger partial charge in [-0.15, -0.1) is 0 Å². The van der Waals surface area contributed by atoms with E-state index in [-0.39, 0.29) is 12.3 Å². The summed E-state index contributed by atoms with van der Waals surface area (Å²) in [5.74, 6) is -0.702. The normalized spacial score (nSPS) is 19.3. The highest BCUT2D eigenvalue weighted by atomic mass is 16.2. The van der Waals surface area contributed by atoms with E-state index < -0.39 is 17.5 Å². The minimum absolute atomic E-state index is 0.277. The van der Waals surface area contributed by atoms with Crippen molar-refractivity contribution >= 4 is 28.6 Å². The number of urea groups is 1. The van der Waals surface area contributed by atoms with Crippen LogP contribution >= 0.6 is 0 Å². The van der Waals surface area contributed by atoms with E-state index in [2.05, 4.69) is 17.2 Å². The highest BCUT2D eigenvalue weighted by Crippen LogP contribution is 2.29. The Morgan fingerprint density at radius 3 is 2.54 bits per heavy atom. The number of aryl methyl sites for hydroxylation is 1. The van der Waals surface area contributed by atoms with Gasteiger partial charge in [-0.25, -0.2) is 4.79 Å². The Kier molecular flexibility index (Phi) is 4.26. The number of fused-ring (bicyclic) bond motifs is 1. The molecule has 0 aliphatic carbocycles. The standard InChI is InChI=1S/C22H21N3O3/c1-3-14-8-7-11-16-17(12-23-19(14)16)18(26)13-25-20(27)22(2,24-21(25)28)15-9-5-4-6-10-15/h4-12,23H,3,13H2,1-2H3,(H,24,28)/t22-/m0/s1. The van der Waals surface area contributed by atoms with Crippen LogP contribution in [0.3, 0.4) is 0 Å². The van der Waals surface area contributed by atoms with Gasteiger partial charge in [0.15, 0.2) is 5.78 Å². The molecule has 1 aromatic heterocycles. The zero-order chi connectivity index (χ0) is 19.9. The summed E-state index contributed by atoms with van der Waals surface area (Å²) in [5, 5.41) is 3.54. The predicted molar refractivity (Wildman–Crippen MR) is 106 cm³/mol. The van der Waals surface area contributed by atoms with Crippen LogP contribution in [0.25, 0.3) is 10.9 Å². The summed E-state index contributed by atoms with van der Waals surface area (Å²) in [6, 6.07) is 14.3. The average molecular weight is 375 g/mol. The number of ketones is 1. The van der Waals surface area contributed by atoms with Crippen LogP contribution in [-0.2, 0) is 16.8 Å². The molecular weight excluding hydrogens is 354 g/mol. The molecule has 6 heteroatoms. The van der Waals surface area contributed by atoms with Crippen LogP contribution in [0.1, 0.15) is 35.3 Å². The summed E-state index contributed by atoms with van der Waals surface area (Å²) in [5.41, 5.74) is 2.03. The molecule has 6 nitrogen and oxygen atoms in total. The van der Waals surface area contributed by atoms with Gasteiger partial charge in [0.1, 0.15) is 5.54 Å². The molecule has 2 heterocycles. The number of carbonyl (C=O) groups is 3. The molecule has 28 heavy (non-hydrogen) atoms. The van der Waals surface area contributed by atoms with Gasteiger partial charge in [-0.2, -0.15) is 0 Å². The summed E-state index contributed by atoms with van der Waals surface area (Å²) < 4.78 is 0. The first-order valence-electron chi connectivity index (χ1n) is 9.27. The Hall–Kier alpha value is -3.41. The summed E-state index contributed by atoms with van der Waals surface area (Å²) in [6.45, 7) is 3.41. The van der Waals surface area contributed by atoms with Crippen molar-refractivity contribution in [2.75, 3.05) is 6.54 Å². The van der Waals surface area contributed by atoms with E-state index in [0.717, 1.165) is 27.8 Å². The van der Waals surface area contributed by atoms with Crippen LogP contribution in [0.15, 0.2) is 54.7 Å². The molecule has 2 N–H and O–H groups in total. The van der Waals surface area contributed by atoms with Crippen molar-refractivity contribution in [3.05, 3.63) is 71.4 Å². The van der Waals surface area contributed by atoms with Crippen molar-refractivity contribution in [2.24, 2.45) is 0 Å². The van der Waals surface area contributed by atoms with Crippen molar-refractivity contribution in [3.8, 4) is 0 Å². The van der Waals surface area contributed by atoms with E-state index in [1.807, 2.05) is 36.4 Å². The molecule has 3 aromatic rings. The number of para-hydroxylation sites is 1. The number of hydrogen-bond donors (Lipinski definition) is 2. The maximum absolute atomic E-state index is 13.0. The zero-order valence-electron chi connectivity index (χ0n) is 15.8. The number of hydrogen-bond acceptors (Lipinski definition) is 3.